The molecule has 0 spiro atoms. The van der Waals surface area contributed by atoms with E-state index in [4.69, 9.17) is 0 Å². The number of aromatic amines is 1. The molecule has 0 bridgehead atoms. The second-order valence-electron chi connectivity index (χ2n) is 5.22. The molecular formula is C12H22N4. The molecule has 4 atom stereocenters. The lowest BCUT2D eigenvalue weighted by molar-refractivity contribution is 0.216. The summed E-state index contributed by atoms with van der Waals surface area (Å²) in [6, 6.07) is 0.902. The number of rotatable bonds is 3. The average molecular weight is 222 g/mol. The molecule has 2 rings (SSSR count). The van der Waals surface area contributed by atoms with Gasteiger partial charge < -0.3 is 5.32 Å². The van der Waals surface area contributed by atoms with Crippen LogP contribution in [0.4, 0.5) is 0 Å². The van der Waals surface area contributed by atoms with Crippen LogP contribution in [0.15, 0.2) is 6.33 Å². The Morgan fingerprint density at radius 1 is 1.38 bits per heavy atom. The predicted octanol–water partition coefficient (Wildman–Crippen LogP) is 2.28. The van der Waals surface area contributed by atoms with Gasteiger partial charge in [0.1, 0.15) is 12.2 Å². The molecule has 4 nitrogen and oxygen atoms in total. The van der Waals surface area contributed by atoms with Gasteiger partial charge in [0.15, 0.2) is 0 Å². The standard InChI is InChI=1S/C12H22N4/c1-8-4-5-11(6-9(8)2)15-10(3)12-13-7-14-16-12/h7-11,15H,4-6H2,1-3H3,(H,13,14,16). The van der Waals surface area contributed by atoms with E-state index in [9.17, 15) is 0 Å². The highest BCUT2D eigenvalue weighted by atomic mass is 15.2. The van der Waals surface area contributed by atoms with Gasteiger partial charge in [-0.2, -0.15) is 5.10 Å². The van der Waals surface area contributed by atoms with Crippen molar-refractivity contribution < 1.29 is 0 Å². The third-order valence-corrected chi connectivity index (χ3v) is 3.93. The molecule has 16 heavy (non-hydrogen) atoms. The van der Waals surface area contributed by atoms with Crippen molar-refractivity contribution in [3.63, 3.8) is 0 Å². The van der Waals surface area contributed by atoms with Crippen LogP contribution in [-0.4, -0.2) is 21.2 Å². The van der Waals surface area contributed by atoms with Crippen molar-refractivity contribution in [3.05, 3.63) is 12.2 Å². The highest BCUT2D eigenvalue weighted by molar-refractivity contribution is 4.91. The number of nitrogens with zero attached hydrogens (tertiary/aromatic N) is 2. The molecule has 0 saturated heterocycles. The molecule has 4 unspecified atom stereocenters. The van der Waals surface area contributed by atoms with Gasteiger partial charge in [-0.25, -0.2) is 4.98 Å². The highest BCUT2D eigenvalue weighted by Crippen LogP contribution is 2.30. The summed E-state index contributed by atoms with van der Waals surface area (Å²) in [4.78, 5) is 4.19. The normalized spacial score (nSPS) is 32.6. The summed E-state index contributed by atoms with van der Waals surface area (Å²) in [5.41, 5.74) is 0. The molecule has 1 aromatic heterocycles. The maximum atomic E-state index is 4.19. The van der Waals surface area contributed by atoms with Gasteiger partial charge in [-0.05, 0) is 38.0 Å². The highest BCUT2D eigenvalue weighted by Gasteiger charge is 2.25. The smallest absolute Gasteiger partial charge is 0.141 e. The molecule has 1 aliphatic carbocycles. The Kier molecular flexibility index (Phi) is 3.59. The summed E-state index contributed by atoms with van der Waals surface area (Å²) in [6.07, 6.45) is 5.46. The molecule has 1 saturated carbocycles. The van der Waals surface area contributed by atoms with E-state index in [-0.39, 0.29) is 6.04 Å². The first-order chi connectivity index (χ1) is 7.66. The molecule has 0 radical (unpaired) electrons. The van der Waals surface area contributed by atoms with Gasteiger partial charge in [-0.3, -0.25) is 5.10 Å². The van der Waals surface area contributed by atoms with Gasteiger partial charge in [0.05, 0.1) is 6.04 Å². The Bertz CT molecular complexity index is 309. The molecule has 0 aliphatic heterocycles. The molecule has 90 valence electrons. The van der Waals surface area contributed by atoms with Gasteiger partial charge >= 0.3 is 0 Å². The van der Waals surface area contributed by atoms with Gasteiger partial charge in [-0.15, -0.1) is 0 Å². The lowest BCUT2D eigenvalue weighted by Crippen LogP contribution is -2.37. The second kappa shape index (κ2) is 4.95. The Morgan fingerprint density at radius 3 is 2.81 bits per heavy atom. The van der Waals surface area contributed by atoms with Crippen LogP contribution >= 0.6 is 0 Å². The third kappa shape index (κ3) is 2.61. The van der Waals surface area contributed by atoms with Crippen LogP contribution in [0.1, 0.15) is 51.9 Å². The van der Waals surface area contributed by atoms with E-state index in [0.717, 1.165) is 17.7 Å². The predicted molar refractivity (Wildman–Crippen MR) is 63.9 cm³/mol. The van der Waals surface area contributed by atoms with Gasteiger partial charge in [-0.1, -0.05) is 13.8 Å². The first kappa shape index (κ1) is 11.6. The fraction of sp³-hybridized carbons (Fsp3) is 0.833. The van der Waals surface area contributed by atoms with E-state index in [1.54, 1.807) is 6.33 Å². The van der Waals surface area contributed by atoms with E-state index in [2.05, 4.69) is 41.3 Å². The number of nitrogens with one attached hydrogen (secondary N) is 2. The lowest BCUT2D eigenvalue weighted by Gasteiger charge is -2.33. The van der Waals surface area contributed by atoms with Crippen molar-refractivity contribution in [1.29, 1.82) is 0 Å². The van der Waals surface area contributed by atoms with Crippen molar-refractivity contribution in [2.45, 2.75) is 52.1 Å². The minimum atomic E-state index is 0.271. The van der Waals surface area contributed by atoms with Gasteiger partial charge in [0.25, 0.3) is 0 Å². The average Bonchev–Trinajstić information content (AvgIpc) is 2.77. The molecule has 0 amide bonds. The summed E-state index contributed by atoms with van der Waals surface area (Å²) >= 11 is 0. The fourth-order valence-corrected chi connectivity index (χ4v) is 2.55. The molecule has 1 aromatic rings. The molecule has 1 fully saturated rings. The van der Waals surface area contributed by atoms with Crippen LogP contribution in [0.3, 0.4) is 0 Å². The minimum absolute atomic E-state index is 0.271. The van der Waals surface area contributed by atoms with Gasteiger partial charge in [0, 0.05) is 6.04 Å². The number of aromatic nitrogens is 3. The Hall–Kier alpha value is -0.900. The Morgan fingerprint density at radius 2 is 2.19 bits per heavy atom. The summed E-state index contributed by atoms with van der Waals surface area (Å²) in [5, 5.41) is 10.4. The van der Waals surface area contributed by atoms with E-state index in [1.807, 2.05) is 0 Å². The second-order valence-corrected chi connectivity index (χ2v) is 5.22. The zero-order chi connectivity index (χ0) is 11.5. The van der Waals surface area contributed by atoms with Crippen LogP contribution in [0.5, 0.6) is 0 Å². The van der Waals surface area contributed by atoms with E-state index in [1.165, 1.54) is 19.3 Å². The number of hydrogen-bond acceptors (Lipinski definition) is 3. The van der Waals surface area contributed by atoms with Crippen molar-refractivity contribution in [2.75, 3.05) is 0 Å². The van der Waals surface area contributed by atoms with Crippen molar-refractivity contribution in [1.82, 2.24) is 20.5 Å². The molecule has 1 heterocycles. The zero-order valence-corrected chi connectivity index (χ0v) is 10.4. The first-order valence-electron chi connectivity index (χ1n) is 6.28. The molecular weight excluding hydrogens is 200 g/mol. The van der Waals surface area contributed by atoms with E-state index >= 15 is 0 Å². The van der Waals surface area contributed by atoms with Crippen LogP contribution in [0.2, 0.25) is 0 Å². The monoisotopic (exact) mass is 222 g/mol. The quantitative estimate of drug-likeness (QED) is 0.825. The SMILES string of the molecule is CC(NC1CCC(C)C(C)C1)c1ncn[nH]1. The number of hydrogen-bond donors (Lipinski definition) is 2. The minimum Gasteiger partial charge on any atom is -0.305 e. The van der Waals surface area contributed by atoms with E-state index in [0.29, 0.717) is 6.04 Å². The van der Waals surface area contributed by atoms with Crippen molar-refractivity contribution >= 4 is 0 Å². The maximum absolute atomic E-state index is 4.19. The topological polar surface area (TPSA) is 53.6 Å². The third-order valence-electron chi connectivity index (χ3n) is 3.93. The molecule has 1 aliphatic rings. The van der Waals surface area contributed by atoms with Crippen molar-refractivity contribution in [3.8, 4) is 0 Å². The lowest BCUT2D eigenvalue weighted by atomic mass is 9.79. The largest absolute Gasteiger partial charge is 0.305 e. The number of H-pyrrole nitrogens is 1. The summed E-state index contributed by atoms with van der Waals surface area (Å²) in [6.45, 7) is 6.86. The molecule has 2 N–H and O–H groups in total. The summed E-state index contributed by atoms with van der Waals surface area (Å²) in [5.74, 6) is 2.64. The maximum Gasteiger partial charge on any atom is 0.141 e. The van der Waals surface area contributed by atoms with Crippen molar-refractivity contribution in [2.24, 2.45) is 11.8 Å². The van der Waals surface area contributed by atoms with E-state index < -0.39 is 0 Å². The zero-order valence-electron chi connectivity index (χ0n) is 10.4. The fourth-order valence-electron chi connectivity index (χ4n) is 2.55. The Balaban J connectivity index is 1.86. The summed E-state index contributed by atoms with van der Waals surface area (Å²) in [7, 11) is 0. The molecule has 4 heteroatoms. The van der Waals surface area contributed by atoms with Crippen LogP contribution in [0, 0.1) is 11.8 Å². The Labute approximate surface area is 97.2 Å². The summed E-state index contributed by atoms with van der Waals surface area (Å²) < 4.78 is 0. The van der Waals surface area contributed by atoms with Crippen LogP contribution in [-0.2, 0) is 0 Å². The van der Waals surface area contributed by atoms with Gasteiger partial charge in [0.2, 0.25) is 0 Å². The van der Waals surface area contributed by atoms with Crippen LogP contribution in [0.25, 0.3) is 0 Å². The van der Waals surface area contributed by atoms with Crippen LogP contribution < -0.4 is 5.32 Å². The first-order valence-corrected chi connectivity index (χ1v) is 6.28. The molecule has 0 aromatic carbocycles.